The Hall–Kier alpha value is -3.12. The Morgan fingerprint density at radius 1 is 1.17 bits per heavy atom. The molecule has 4 rings (SSSR count). The third-order valence-corrected chi connectivity index (χ3v) is 6.80. The van der Waals surface area contributed by atoms with Gasteiger partial charge in [0.05, 0.1) is 11.2 Å². The first-order valence-electron chi connectivity index (χ1n) is 8.79. The van der Waals surface area contributed by atoms with Crippen molar-refractivity contribution in [2.75, 3.05) is 5.75 Å². The Kier molecular flexibility index (Phi) is 4.90. The number of carbonyl (C=O) groups is 2. The zero-order valence-corrected chi connectivity index (χ0v) is 16.1. The molecular formula is C18H16FNO9S. The van der Waals surface area contributed by atoms with Crippen molar-refractivity contribution in [2.24, 2.45) is 5.41 Å². The van der Waals surface area contributed by atoms with Crippen LogP contribution in [0.3, 0.4) is 0 Å². The highest BCUT2D eigenvalue weighted by atomic mass is 32.2. The van der Waals surface area contributed by atoms with Crippen molar-refractivity contribution in [3.8, 4) is 11.7 Å². The van der Waals surface area contributed by atoms with Crippen LogP contribution in [0.25, 0.3) is 0 Å². The van der Waals surface area contributed by atoms with Gasteiger partial charge < -0.3 is 18.6 Å². The molecule has 1 aliphatic carbocycles. The van der Waals surface area contributed by atoms with E-state index in [1.807, 2.05) is 0 Å². The maximum atomic E-state index is 13.0. The van der Waals surface area contributed by atoms with Gasteiger partial charge in [-0.15, -0.1) is 0 Å². The number of halogens is 1. The molecule has 2 N–H and O–H groups in total. The molecule has 2 atom stereocenters. The van der Waals surface area contributed by atoms with Crippen LogP contribution in [0, 0.1) is 11.2 Å². The van der Waals surface area contributed by atoms with Crippen LogP contribution >= 0.6 is 0 Å². The first kappa shape index (κ1) is 20.2. The van der Waals surface area contributed by atoms with Gasteiger partial charge in [0.1, 0.15) is 23.8 Å². The van der Waals surface area contributed by atoms with Crippen molar-refractivity contribution in [3.63, 3.8) is 0 Å². The molecule has 2 unspecified atom stereocenters. The van der Waals surface area contributed by atoms with Gasteiger partial charge in [-0.25, -0.2) is 23.1 Å². The number of hydroxylamine groups is 1. The summed E-state index contributed by atoms with van der Waals surface area (Å²) in [4.78, 5) is 23.5. The molecule has 2 fully saturated rings. The monoisotopic (exact) mass is 441 g/mol. The summed E-state index contributed by atoms with van der Waals surface area (Å²) in [6, 6.07) is 7.43. The van der Waals surface area contributed by atoms with E-state index in [2.05, 4.69) is 0 Å². The third kappa shape index (κ3) is 3.71. The second-order valence-corrected chi connectivity index (χ2v) is 9.00. The zero-order valence-electron chi connectivity index (χ0n) is 15.2. The van der Waals surface area contributed by atoms with Crippen LogP contribution in [0.1, 0.15) is 12.8 Å². The number of furan rings is 1. The topological polar surface area (TPSA) is 141 Å². The van der Waals surface area contributed by atoms with Crippen LogP contribution in [0.5, 0.6) is 11.7 Å². The second kappa shape index (κ2) is 7.29. The SMILES string of the molecule is O=C1OC2CC(CS(=O)(=O)c3ccc(Oc4ccc(F)cc4)o3)(C(=O)NO)CC2O1. The summed E-state index contributed by atoms with van der Waals surface area (Å²) in [6.45, 7) is 0. The maximum Gasteiger partial charge on any atom is 0.509 e. The Morgan fingerprint density at radius 3 is 2.40 bits per heavy atom. The van der Waals surface area contributed by atoms with Crippen molar-refractivity contribution in [2.45, 2.75) is 30.1 Å². The fourth-order valence-electron chi connectivity index (χ4n) is 3.69. The first-order valence-corrected chi connectivity index (χ1v) is 10.4. The number of benzene rings is 1. The van der Waals surface area contributed by atoms with Gasteiger partial charge in [0.15, 0.2) is 0 Å². The number of carbonyl (C=O) groups excluding carboxylic acids is 2. The van der Waals surface area contributed by atoms with Crippen LogP contribution < -0.4 is 10.2 Å². The molecule has 1 saturated heterocycles. The highest BCUT2D eigenvalue weighted by molar-refractivity contribution is 7.91. The summed E-state index contributed by atoms with van der Waals surface area (Å²) >= 11 is 0. The smallest absolute Gasteiger partial charge is 0.427 e. The number of sulfone groups is 1. The fraction of sp³-hybridized carbons (Fsp3) is 0.333. The maximum absolute atomic E-state index is 13.0. The van der Waals surface area contributed by atoms with E-state index >= 15 is 0 Å². The van der Waals surface area contributed by atoms with Gasteiger partial charge in [-0.3, -0.25) is 10.0 Å². The minimum atomic E-state index is -4.15. The highest BCUT2D eigenvalue weighted by Gasteiger charge is 2.58. The number of rotatable bonds is 6. The van der Waals surface area contributed by atoms with E-state index in [1.165, 1.54) is 35.8 Å². The van der Waals surface area contributed by atoms with Crippen molar-refractivity contribution in [3.05, 3.63) is 42.2 Å². The number of nitrogens with one attached hydrogen (secondary N) is 1. The molecule has 1 amide bonds. The minimum absolute atomic E-state index is 0.144. The van der Waals surface area contributed by atoms with Crippen molar-refractivity contribution in [1.82, 2.24) is 5.48 Å². The van der Waals surface area contributed by atoms with Crippen LogP contribution in [0.4, 0.5) is 9.18 Å². The van der Waals surface area contributed by atoms with Crippen LogP contribution in [0.15, 0.2) is 45.9 Å². The Labute approximate surface area is 169 Å². The summed E-state index contributed by atoms with van der Waals surface area (Å²) < 4.78 is 59.3. The first-order chi connectivity index (χ1) is 14.2. The molecule has 1 aliphatic heterocycles. The highest BCUT2D eigenvalue weighted by Crippen LogP contribution is 2.46. The van der Waals surface area contributed by atoms with Crippen molar-refractivity contribution in [1.29, 1.82) is 0 Å². The Morgan fingerprint density at radius 2 is 1.80 bits per heavy atom. The predicted molar refractivity (Wildman–Crippen MR) is 94.0 cm³/mol. The summed E-state index contributed by atoms with van der Waals surface area (Å²) in [5.41, 5.74) is -0.110. The van der Waals surface area contributed by atoms with E-state index in [9.17, 15) is 22.4 Å². The fourth-order valence-corrected chi connectivity index (χ4v) is 5.41. The molecule has 1 aromatic heterocycles. The molecule has 160 valence electrons. The summed E-state index contributed by atoms with van der Waals surface area (Å²) in [6.07, 6.45) is -2.76. The number of hydrogen-bond donors (Lipinski definition) is 2. The second-order valence-electron chi connectivity index (χ2n) is 7.08. The minimum Gasteiger partial charge on any atom is -0.427 e. The molecule has 10 nitrogen and oxygen atoms in total. The molecule has 30 heavy (non-hydrogen) atoms. The van der Waals surface area contributed by atoms with Gasteiger partial charge in [0.2, 0.25) is 14.9 Å². The number of amides is 1. The zero-order chi connectivity index (χ0) is 21.5. The van der Waals surface area contributed by atoms with Crippen molar-refractivity contribution >= 4 is 21.9 Å². The molecule has 1 saturated carbocycles. The average Bonchev–Trinajstić information content (AvgIpc) is 3.37. The van der Waals surface area contributed by atoms with E-state index in [0.717, 1.165) is 6.07 Å². The van der Waals surface area contributed by atoms with Gasteiger partial charge in [-0.2, -0.15) is 0 Å². The van der Waals surface area contributed by atoms with E-state index in [1.54, 1.807) is 0 Å². The quantitative estimate of drug-likeness (QED) is 0.392. The van der Waals surface area contributed by atoms with E-state index < -0.39 is 56.2 Å². The summed E-state index contributed by atoms with van der Waals surface area (Å²) in [7, 11) is -4.15. The summed E-state index contributed by atoms with van der Waals surface area (Å²) in [5.74, 6) is -2.04. The van der Waals surface area contributed by atoms with Gasteiger partial charge in [0.25, 0.3) is 11.9 Å². The molecule has 1 aromatic carbocycles. The lowest BCUT2D eigenvalue weighted by molar-refractivity contribution is -0.139. The lowest BCUT2D eigenvalue weighted by Crippen LogP contribution is -2.43. The molecule has 2 heterocycles. The lowest BCUT2D eigenvalue weighted by atomic mass is 9.87. The molecule has 0 spiro atoms. The van der Waals surface area contributed by atoms with Gasteiger partial charge >= 0.3 is 6.16 Å². The molecule has 0 bridgehead atoms. The molecular weight excluding hydrogens is 425 g/mol. The summed E-state index contributed by atoms with van der Waals surface area (Å²) in [5, 5.41) is 8.66. The number of fused-ring (bicyclic) bond motifs is 1. The molecule has 2 aliphatic rings. The van der Waals surface area contributed by atoms with Crippen LogP contribution in [-0.2, 0) is 24.1 Å². The Bertz CT molecular complexity index is 1060. The molecule has 12 heteroatoms. The Balaban J connectivity index is 1.54. The van der Waals surface area contributed by atoms with Crippen LogP contribution in [0.2, 0.25) is 0 Å². The van der Waals surface area contributed by atoms with E-state index in [0.29, 0.717) is 0 Å². The molecule has 2 aromatic rings. The largest absolute Gasteiger partial charge is 0.509 e. The molecule has 0 radical (unpaired) electrons. The van der Waals surface area contributed by atoms with Gasteiger partial charge in [-0.1, -0.05) is 0 Å². The van der Waals surface area contributed by atoms with Crippen molar-refractivity contribution < 1.29 is 46.2 Å². The number of ether oxygens (including phenoxy) is 3. The lowest BCUT2D eigenvalue weighted by Gasteiger charge is -2.25. The number of hydrogen-bond acceptors (Lipinski definition) is 9. The van der Waals surface area contributed by atoms with Crippen LogP contribution in [-0.4, -0.2) is 43.6 Å². The third-order valence-electron chi connectivity index (χ3n) is 5.04. The standard InChI is InChI=1S/C18H16FNO9S/c19-10-1-3-11(4-2-10)26-14-5-6-15(29-14)30(24,25)9-18(16(21)20-23)7-12-13(8-18)28-17(22)27-12/h1-6,12-13,23H,7-9H2,(H,20,21). The van der Waals surface area contributed by atoms with Gasteiger partial charge in [-0.05, 0) is 30.3 Å². The normalized spacial score (nSPS) is 25.3. The van der Waals surface area contributed by atoms with Gasteiger partial charge in [0, 0.05) is 18.9 Å². The van der Waals surface area contributed by atoms with E-state index in [4.69, 9.17) is 23.8 Å². The average molecular weight is 441 g/mol. The van der Waals surface area contributed by atoms with E-state index in [-0.39, 0.29) is 24.5 Å². The predicted octanol–water partition coefficient (Wildman–Crippen LogP) is 2.17.